The minimum Gasteiger partial charge on any atom is -0.464 e. The maximum atomic E-state index is 5.51. The van der Waals surface area contributed by atoms with Gasteiger partial charge in [-0.05, 0) is 20.2 Å². The lowest BCUT2D eigenvalue weighted by Crippen LogP contribution is -2.26. The Bertz CT molecular complexity index is 455. The second-order valence-electron chi connectivity index (χ2n) is 4.10. The third kappa shape index (κ3) is 3.46. The molecule has 1 heterocycles. The summed E-state index contributed by atoms with van der Waals surface area (Å²) in [5, 5.41) is 4.37. The van der Waals surface area contributed by atoms with E-state index in [-0.39, 0.29) is 12.4 Å². The molecule has 3 nitrogen and oxygen atoms in total. The Kier molecular flexibility index (Phi) is 5.48. The Balaban J connectivity index is 0.00000144. The lowest BCUT2D eigenvalue weighted by molar-refractivity contribution is 0.328. The van der Waals surface area contributed by atoms with E-state index < -0.39 is 0 Å². The van der Waals surface area contributed by atoms with Crippen molar-refractivity contribution < 1.29 is 4.42 Å². The van der Waals surface area contributed by atoms with Crippen LogP contribution in [-0.2, 0) is 6.54 Å². The second-order valence-corrected chi connectivity index (χ2v) is 4.10. The molecule has 1 N–H and O–H groups in total. The number of furan rings is 1. The van der Waals surface area contributed by atoms with Gasteiger partial charge in [0.2, 0.25) is 0 Å². The van der Waals surface area contributed by atoms with E-state index in [1.807, 2.05) is 25.4 Å². The van der Waals surface area contributed by atoms with Crippen LogP contribution in [0.25, 0.3) is 11.0 Å². The fraction of sp³-hybridized carbons (Fsp3) is 0.385. The van der Waals surface area contributed by atoms with Gasteiger partial charge in [-0.15, -0.1) is 12.4 Å². The van der Waals surface area contributed by atoms with Gasteiger partial charge in [0.1, 0.15) is 5.58 Å². The zero-order chi connectivity index (χ0) is 11.4. The summed E-state index contributed by atoms with van der Waals surface area (Å²) < 4.78 is 5.51. The number of para-hydroxylation sites is 1. The Labute approximate surface area is 108 Å². The maximum absolute atomic E-state index is 5.51. The van der Waals surface area contributed by atoms with Crippen LogP contribution in [0.3, 0.4) is 0 Å². The standard InChI is InChI=1S/C13H18N2O.ClH/c1-14-7-8-15(2)9-11-10-16-13-6-4-3-5-12(11)13;/h3-6,10,14H,7-9H2,1-2H3;1H. The molecule has 0 fully saturated rings. The Hall–Kier alpha value is -1.03. The van der Waals surface area contributed by atoms with E-state index in [1.54, 1.807) is 0 Å². The van der Waals surface area contributed by atoms with E-state index in [0.717, 1.165) is 25.2 Å². The quantitative estimate of drug-likeness (QED) is 0.889. The zero-order valence-electron chi connectivity index (χ0n) is 10.3. The van der Waals surface area contributed by atoms with Crippen molar-refractivity contribution in [1.29, 1.82) is 0 Å². The predicted molar refractivity (Wildman–Crippen MR) is 73.7 cm³/mol. The first-order chi connectivity index (χ1) is 7.81. The molecule has 1 aromatic heterocycles. The molecular formula is C13H19ClN2O. The fourth-order valence-electron chi connectivity index (χ4n) is 1.83. The van der Waals surface area contributed by atoms with Gasteiger partial charge >= 0.3 is 0 Å². The minimum absolute atomic E-state index is 0. The first-order valence-electron chi connectivity index (χ1n) is 5.59. The van der Waals surface area contributed by atoms with Crippen molar-refractivity contribution in [3.05, 3.63) is 36.1 Å². The summed E-state index contributed by atoms with van der Waals surface area (Å²) >= 11 is 0. The third-order valence-corrected chi connectivity index (χ3v) is 2.74. The number of hydrogen-bond donors (Lipinski definition) is 1. The van der Waals surface area contributed by atoms with E-state index in [9.17, 15) is 0 Å². The molecule has 0 unspecified atom stereocenters. The highest BCUT2D eigenvalue weighted by atomic mass is 35.5. The van der Waals surface area contributed by atoms with E-state index in [4.69, 9.17) is 4.42 Å². The van der Waals surface area contributed by atoms with E-state index in [0.29, 0.717) is 0 Å². The van der Waals surface area contributed by atoms with Crippen LogP contribution in [0, 0.1) is 0 Å². The molecule has 17 heavy (non-hydrogen) atoms. The SMILES string of the molecule is CNCCN(C)Cc1coc2ccccc12.Cl. The van der Waals surface area contributed by atoms with Crippen LogP contribution >= 0.6 is 12.4 Å². The lowest BCUT2D eigenvalue weighted by atomic mass is 10.2. The fourth-order valence-corrected chi connectivity index (χ4v) is 1.83. The normalized spacial score (nSPS) is 10.8. The summed E-state index contributed by atoms with van der Waals surface area (Å²) in [4.78, 5) is 2.29. The molecule has 4 heteroatoms. The van der Waals surface area contributed by atoms with E-state index in [2.05, 4.69) is 29.4 Å². The molecular weight excluding hydrogens is 236 g/mol. The van der Waals surface area contributed by atoms with Crippen LogP contribution in [0.2, 0.25) is 0 Å². The highest BCUT2D eigenvalue weighted by molar-refractivity contribution is 5.85. The number of fused-ring (bicyclic) bond motifs is 1. The molecule has 0 spiro atoms. The van der Waals surface area contributed by atoms with Crippen molar-refractivity contribution in [1.82, 2.24) is 10.2 Å². The number of nitrogens with zero attached hydrogens (tertiary/aromatic N) is 1. The van der Waals surface area contributed by atoms with Crippen LogP contribution < -0.4 is 5.32 Å². The smallest absolute Gasteiger partial charge is 0.134 e. The molecule has 0 saturated carbocycles. The number of nitrogens with one attached hydrogen (secondary N) is 1. The summed E-state index contributed by atoms with van der Waals surface area (Å²) in [5.74, 6) is 0. The number of likely N-dealkylation sites (N-methyl/N-ethyl adjacent to an activating group) is 2. The number of benzene rings is 1. The molecule has 0 radical (unpaired) electrons. The summed E-state index contributed by atoms with van der Waals surface area (Å²) in [5.41, 5.74) is 2.23. The van der Waals surface area contributed by atoms with Crippen LogP contribution in [0.15, 0.2) is 34.9 Å². The van der Waals surface area contributed by atoms with Crippen molar-refractivity contribution in [2.24, 2.45) is 0 Å². The van der Waals surface area contributed by atoms with Gasteiger partial charge in [-0.25, -0.2) is 0 Å². The van der Waals surface area contributed by atoms with Gasteiger partial charge in [-0.2, -0.15) is 0 Å². The molecule has 94 valence electrons. The highest BCUT2D eigenvalue weighted by Gasteiger charge is 2.07. The Morgan fingerprint density at radius 3 is 2.82 bits per heavy atom. The topological polar surface area (TPSA) is 28.4 Å². The summed E-state index contributed by atoms with van der Waals surface area (Å²) in [6.45, 7) is 2.97. The third-order valence-electron chi connectivity index (χ3n) is 2.74. The monoisotopic (exact) mass is 254 g/mol. The molecule has 2 aromatic rings. The first-order valence-corrected chi connectivity index (χ1v) is 5.59. The Morgan fingerprint density at radius 1 is 1.29 bits per heavy atom. The van der Waals surface area contributed by atoms with Gasteiger partial charge in [0.15, 0.2) is 0 Å². The number of hydrogen-bond acceptors (Lipinski definition) is 3. The van der Waals surface area contributed by atoms with Crippen LogP contribution in [0.4, 0.5) is 0 Å². The molecule has 0 aliphatic rings. The molecule has 0 saturated heterocycles. The van der Waals surface area contributed by atoms with Gasteiger partial charge in [0.05, 0.1) is 6.26 Å². The molecule has 0 atom stereocenters. The van der Waals surface area contributed by atoms with Crippen molar-refractivity contribution >= 4 is 23.4 Å². The van der Waals surface area contributed by atoms with Gasteiger partial charge < -0.3 is 14.6 Å². The molecule has 0 amide bonds. The number of halogens is 1. The summed E-state index contributed by atoms with van der Waals surface area (Å²) in [6, 6.07) is 8.17. The second kappa shape index (κ2) is 6.64. The van der Waals surface area contributed by atoms with Crippen molar-refractivity contribution in [3.8, 4) is 0 Å². The van der Waals surface area contributed by atoms with E-state index >= 15 is 0 Å². The van der Waals surface area contributed by atoms with Gasteiger partial charge in [0.25, 0.3) is 0 Å². The first kappa shape index (κ1) is 14.0. The van der Waals surface area contributed by atoms with Gasteiger partial charge in [-0.3, -0.25) is 0 Å². The maximum Gasteiger partial charge on any atom is 0.134 e. The summed E-state index contributed by atoms with van der Waals surface area (Å²) in [6.07, 6.45) is 1.86. The predicted octanol–water partition coefficient (Wildman–Crippen LogP) is 2.51. The zero-order valence-corrected chi connectivity index (χ0v) is 11.1. The Morgan fingerprint density at radius 2 is 2.06 bits per heavy atom. The summed E-state index contributed by atoms with van der Waals surface area (Å²) in [7, 11) is 4.10. The molecule has 0 bridgehead atoms. The molecule has 0 aliphatic heterocycles. The molecule has 0 aliphatic carbocycles. The minimum atomic E-state index is 0. The average molecular weight is 255 g/mol. The number of rotatable bonds is 5. The largest absolute Gasteiger partial charge is 0.464 e. The van der Waals surface area contributed by atoms with Crippen LogP contribution in [-0.4, -0.2) is 32.1 Å². The highest BCUT2D eigenvalue weighted by Crippen LogP contribution is 2.21. The van der Waals surface area contributed by atoms with E-state index in [1.165, 1.54) is 10.9 Å². The molecule has 2 rings (SSSR count). The van der Waals surface area contributed by atoms with Gasteiger partial charge in [-0.1, -0.05) is 18.2 Å². The van der Waals surface area contributed by atoms with Crippen molar-refractivity contribution in [2.45, 2.75) is 6.54 Å². The van der Waals surface area contributed by atoms with Crippen molar-refractivity contribution in [3.63, 3.8) is 0 Å². The van der Waals surface area contributed by atoms with Gasteiger partial charge in [0, 0.05) is 30.6 Å². The van der Waals surface area contributed by atoms with Crippen molar-refractivity contribution in [2.75, 3.05) is 27.2 Å². The van der Waals surface area contributed by atoms with Crippen LogP contribution in [0.5, 0.6) is 0 Å². The van der Waals surface area contributed by atoms with Crippen LogP contribution in [0.1, 0.15) is 5.56 Å². The average Bonchev–Trinajstić information content (AvgIpc) is 2.70. The lowest BCUT2D eigenvalue weighted by Gasteiger charge is -2.15. The molecule has 1 aromatic carbocycles.